The molecule has 1 nitrogen and oxygen atoms in total. The van der Waals surface area contributed by atoms with Crippen LogP contribution in [0, 0.1) is 0 Å². The normalized spacial score (nSPS) is 14.9. The lowest BCUT2D eigenvalue weighted by Crippen LogP contribution is -2.17. The van der Waals surface area contributed by atoms with Crippen molar-refractivity contribution in [1.82, 2.24) is 0 Å². The van der Waals surface area contributed by atoms with Crippen LogP contribution < -0.4 is 0 Å². The fourth-order valence-corrected chi connectivity index (χ4v) is 2.66. The van der Waals surface area contributed by atoms with Gasteiger partial charge in [-0.3, -0.25) is 0 Å². The van der Waals surface area contributed by atoms with Gasteiger partial charge in [-0.05, 0) is 46.6 Å². The van der Waals surface area contributed by atoms with E-state index in [9.17, 15) is 5.11 Å². The summed E-state index contributed by atoms with van der Waals surface area (Å²) < 4.78 is 0. The van der Waals surface area contributed by atoms with E-state index in [0.717, 1.165) is 12.0 Å². The molecule has 0 aromatic heterocycles. The SMILES string of the molecule is CC1=CCc2ccc(CO)c(C(C)(C)C)c21. The molecule has 86 valence electrons. The summed E-state index contributed by atoms with van der Waals surface area (Å²) in [5, 5.41) is 9.48. The Hall–Kier alpha value is -1.08. The fourth-order valence-electron chi connectivity index (χ4n) is 2.66. The van der Waals surface area contributed by atoms with Crippen molar-refractivity contribution in [3.05, 3.63) is 40.5 Å². The van der Waals surface area contributed by atoms with Gasteiger partial charge in [0.1, 0.15) is 0 Å². The third-order valence-corrected chi connectivity index (χ3v) is 3.32. The molecular weight excluding hydrogens is 196 g/mol. The predicted molar refractivity (Wildman–Crippen MR) is 68.4 cm³/mol. The Kier molecular flexibility index (Phi) is 2.67. The third-order valence-electron chi connectivity index (χ3n) is 3.32. The zero-order valence-electron chi connectivity index (χ0n) is 10.6. The maximum atomic E-state index is 9.48. The summed E-state index contributed by atoms with van der Waals surface area (Å²) in [6.45, 7) is 8.95. The first-order valence-electron chi connectivity index (χ1n) is 5.88. The molecule has 0 spiro atoms. The largest absolute Gasteiger partial charge is 0.392 e. The first-order valence-corrected chi connectivity index (χ1v) is 5.88. The van der Waals surface area contributed by atoms with Crippen molar-refractivity contribution >= 4 is 5.57 Å². The van der Waals surface area contributed by atoms with Gasteiger partial charge in [0.25, 0.3) is 0 Å². The molecule has 1 aromatic rings. The molecule has 0 unspecified atom stereocenters. The lowest BCUT2D eigenvalue weighted by atomic mass is 9.78. The van der Waals surface area contributed by atoms with Gasteiger partial charge in [-0.15, -0.1) is 0 Å². The van der Waals surface area contributed by atoms with Crippen LogP contribution in [0.15, 0.2) is 18.2 Å². The number of benzene rings is 1. The second-order valence-electron chi connectivity index (χ2n) is 5.63. The van der Waals surface area contributed by atoms with Crippen molar-refractivity contribution in [2.75, 3.05) is 0 Å². The van der Waals surface area contributed by atoms with Gasteiger partial charge in [-0.25, -0.2) is 0 Å². The van der Waals surface area contributed by atoms with Crippen molar-refractivity contribution in [2.45, 2.75) is 46.1 Å². The molecule has 0 bridgehead atoms. The van der Waals surface area contributed by atoms with Crippen LogP contribution in [-0.2, 0) is 18.4 Å². The average Bonchev–Trinajstić information content (AvgIpc) is 2.58. The van der Waals surface area contributed by atoms with Gasteiger partial charge >= 0.3 is 0 Å². The zero-order valence-corrected chi connectivity index (χ0v) is 10.6. The molecule has 0 saturated heterocycles. The maximum Gasteiger partial charge on any atom is 0.0684 e. The molecule has 0 amide bonds. The highest BCUT2D eigenvalue weighted by Gasteiger charge is 2.25. The highest BCUT2D eigenvalue weighted by atomic mass is 16.3. The van der Waals surface area contributed by atoms with Gasteiger partial charge in [-0.1, -0.05) is 39.0 Å². The number of rotatable bonds is 1. The molecule has 1 aliphatic carbocycles. The molecule has 0 aliphatic heterocycles. The standard InChI is InChI=1S/C15H20O/c1-10-5-6-11-7-8-12(9-16)14(13(10)11)15(2,3)4/h5,7-8,16H,6,9H2,1-4H3. The molecule has 0 heterocycles. The topological polar surface area (TPSA) is 20.2 Å². The van der Waals surface area contributed by atoms with E-state index in [1.165, 1.54) is 22.3 Å². The van der Waals surface area contributed by atoms with Crippen LogP contribution >= 0.6 is 0 Å². The number of fused-ring (bicyclic) bond motifs is 1. The lowest BCUT2D eigenvalue weighted by molar-refractivity contribution is 0.278. The van der Waals surface area contributed by atoms with E-state index in [1.807, 2.05) is 0 Å². The van der Waals surface area contributed by atoms with Gasteiger partial charge in [0.2, 0.25) is 0 Å². The number of allylic oxidation sites excluding steroid dienone is 2. The van der Waals surface area contributed by atoms with Gasteiger partial charge in [0, 0.05) is 0 Å². The predicted octanol–water partition coefficient (Wildman–Crippen LogP) is 3.44. The van der Waals surface area contributed by atoms with E-state index >= 15 is 0 Å². The fraction of sp³-hybridized carbons (Fsp3) is 0.467. The van der Waals surface area contributed by atoms with Crippen LogP contribution in [0.3, 0.4) is 0 Å². The summed E-state index contributed by atoms with van der Waals surface area (Å²) in [7, 11) is 0. The Bertz CT molecular complexity index is 447. The summed E-state index contributed by atoms with van der Waals surface area (Å²) in [4.78, 5) is 0. The summed E-state index contributed by atoms with van der Waals surface area (Å²) in [6.07, 6.45) is 3.32. The molecule has 1 aromatic carbocycles. The Morgan fingerprint density at radius 3 is 2.50 bits per heavy atom. The lowest BCUT2D eigenvalue weighted by Gasteiger charge is -2.26. The van der Waals surface area contributed by atoms with E-state index < -0.39 is 0 Å². The Balaban J connectivity index is 2.72. The van der Waals surface area contributed by atoms with Gasteiger partial charge < -0.3 is 5.11 Å². The van der Waals surface area contributed by atoms with Crippen LogP contribution in [0.1, 0.15) is 49.9 Å². The smallest absolute Gasteiger partial charge is 0.0684 e. The highest BCUT2D eigenvalue weighted by molar-refractivity contribution is 5.76. The molecule has 16 heavy (non-hydrogen) atoms. The molecule has 1 aliphatic rings. The van der Waals surface area contributed by atoms with Crippen LogP contribution in [-0.4, -0.2) is 5.11 Å². The second kappa shape index (κ2) is 3.74. The monoisotopic (exact) mass is 216 g/mol. The summed E-state index contributed by atoms with van der Waals surface area (Å²) >= 11 is 0. The maximum absolute atomic E-state index is 9.48. The quantitative estimate of drug-likeness (QED) is 0.762. The first kappa shape index (κ1) is 11.4. The van der Waals surface area contributed by atoms with E-state index in [0.29, 0.717) is 0 Å². The van der Waals surface area contributed by atoms with Crippen LogP contribution in [0.2, 0.25) is 0 Å². The van der Waals surface area contributed by atoms with Crippen molar-refractivity contribution in [1.29, 1.82) is 0 Å². The Morgan fingerprint density at radius 1 is 1.25 bits per heavy atom. The summed E-state index contributed by atoms with van der Waals surface area (Å²) in [6, 6.07) is 4.23. The molecule has 2 rings (SSSR count). The molecular formula is C15H20O. The number of aliphatic hydroxyl groups is 1. The third kappa shape index (κ3) is 1.69. The van der Waals surface area contributed by atoms with Crippen LogP contribution in [0.5, 0.6) is 0 Å². The minimum atomic E-state index is 0.0862. The molecule has 0 atom stereocenters. The zero-order chi connectivity index (χ0) is 11.9. The van der Waals surface area contributed by atoms with E-state index in [1.54, 1.807) is 0 Å². The van der Waals surface area contributed by atoms with Crippen molar-refractivity contribution in [2.24, 2.45) is 0 Å². The number of hydrogen-bond acceptors (Lipinski definition) is 1. The Labute approximate surface area is 97.8 Å². The van der Waals surface area contributed by atoms with E-state index in [-0.39, 0.29) is 12.0 Å². The minimum absolute atomic E-state index is 0.0862. The molecule has 0 radical (unpaired) electrons. The van der Waals surface area contributed by atoms with E-state index in [2.05, 4.69) is 45.9 Å². The van der Waals surface area contributed by atoms with E-state index in [4.69, 9.17) is 0 Å². The Morgan fingerprint density at radius 2 is 1.94 bits per heavy atom. The minimum Gasteiger partial charge on any atom is -0.392 e. The molecule has 0 saturated carbocycles. The van der Waals surface area contributed by atoms with Crippen molar-refractivity contribution in [3.8, 4) is 0 Å². The van der Waals surface area contributed by atoms with Crippen LogP contribution in [0.4, 0.5) is 0 Å². The first-order chi connectivity index (χ1) is 7.45. The number of hydrogen-bond donors (Lipinski definition) is 1. The van der Waals surface area contributed by atoms with Crippen molar-refractivity contribution in [3.63, 3.8) is 0 Å². The number of aliphatic hydroxyl groups excluding tert-OH is 1. The second-order valence-corrected chi connectivity index (χ2v) is 5.63. The molecule has 0 fully saturated rings. The highest BCUT2D eigenvalue weighted by Crippen LogP contribution is 2.38. The van der Waals surface area contributed by atoms with Gasteiger partial charge in [0.05, 0.1) is 6.61 Å². The van der Waals surface area contributed by atoms with Crippen molar-refractivity contribution < 1.29 is 5.11 Å². The average molecular weight is 216 g/mol. The van der Waals surface area contributed by atoms with Gasteiger partial charge in [-0.2, -0.15) is 0 Å². The molecule has 1 heteroatoms. The summed E-state index contributed by atoms with van der Waals surface area (Å²) in [5.74, 6) is 0. The molecule has 1 N–H and O–H groups in total. The van der Waals surface area contributed by atoms with Gasteiger partial charge in [0.15, 0.2) is 0 Å². The summed E-state index contributed by atoms with van der Waals surface area (Å²) in [5.41, 5.74) is 6.61. The van der Waals surface area contributed by atoms with Crippen LogP contribution in [0.25, 0.3) is 5.57 Å².